The average Bonchev–Trinajstić information content (AvgIpc) is 2.52. The van der Waals surface area contributed by atoms with E-state index < -0.39 is 0 Å². The lowest BCUT2D eigenvalue weighted by Crippen LogP contribution is -2.37. The standard InChI is InChI=1S/C17H25N3O3/c1-4-13(5-2)16(22)18-9-10-19-17(23)14-7-6-8-15(11-14)20-12(3)21/h6-8,11,13H,4-5,9-10H2,1-3H3,(H,18,22)(H,19,23)(H,20,21). The average molecular weight is 319 g/mol. The van der Waals surface area contributed by atoms with Crippen LogP contribution in [0.2, 0.25) is 0 Å². The maximum atomic E-state index is 12.0. The SMILES string of the molecule is CCC(CC)C(=O)NCCNC(=O)c1cccc(NC(C)=O)c1. The molecule has 0 saturated heterocycles. The van der Waals surface area contributed by atoms with Gasteiger partial charge in [0.15, 0.2) is 0 Å². The quantitative estimate of drug-likeness (QED) is 0.640. The molecule has 0 heterocycles. The Morgan fingerprint density at radius 1 is 1.04 bits per heavy atom. The van der Waals surface area contributed by atoms with Crippen molar-refractivity contribution in [2.75, 3.05) is 18.4 Å². The first-order valence-electron chi connectivity index (χ1n) is 7.91. The number of amides is 3. The smallest absolute Gasteiger partial charge is 0.251 e. The third-order valence-electron chi connectivity index (χ3n) is 3.51. The molecule has 1 aromatic rings. The lowest BCUT2D eigenvalue weighted by atomic mass is 10.0. The van der Waals surface area contributed by atoms with Crippen molar-refractivity contribution >= 4 is 23.4 Å². The summed E-state index contributed by atoms with van der Waals surface area (Å²) in [4.78, 5) is 34.9. The van der Waals surface area contributed by atoms with E-state index in [1.165, 1.54) is 6.92 Å². The number of anilines is 1. The summed E-state index contributed by atoms with van der Waals surface area (Å²) in [6.07, 6.45) is 1.62. The summed E-state index contributed by atoms with van der Waals surface area (Å²) in [6.45, 7) is 6.13. The highest BCUT2D eigenvalue weighted by Gasteiger charge is 2.13. The highest BCUT2D eigenvalue weighted by molar-refractivity contribution is 5.96. The van der Waals surface area contributed by atoms with E-state index in [9.17, 15) is 14.4 Å². The van der Waals surface area contributed by atoms with Gasteiger partial charge in [-0.25, -0.2) is 0 Å². The summed E-state index contributed by atoms with van der Waals surface area (Å²) >= 11 is 0. The highest BCUT2D eigenvalue weighted by Crippen LogP contribution is 2.10. The molecule has 0 radical (unpaired) electrons. The fourth-order valence-electron chi connectivity index (χ4n) is 2.21. The highest BCUT2D eigenvalue weighted by atomic mass is 16.2. The Balaban J connectivity index is 2.42. The molecule has 23 heavy (non-hydrogen) atoms. The Morgan fingerprint density at radius 2 is 1.70 bits per heavy atom. The fourth-order valence-corrected chi connectivity index (χ4v) is 2.21. The second-order valence-corrected chi connectivity index (χ2v) is 5.32. The number of benzene rings is 1. The molecule has 6 heteroatoms. The Morgan fingerprint density at radius 3 is 2.30 bits per heavy atom. The van der Waals surface area contributed by atoms with Gasteiger partial charge in [0.05, 0.1) is 0 Å². The van der Waals surface area contributed by atoms with Crippen LogP contribution in [-0.2, 0) is 9.59 Å². The maximum Gasteiger partial charge on any atom is 0.251 e. The molecule has 0 aliphatic heterocycles. The molecule has 0 unspecified atom stereocenters. The number of hydrogen-bond donors (Lipinski definition) is 3. The zero-order valence-electron chi connectivity index (χ0n) is 13.9. The molecule has 1 rings (SSSR count). The van der Waals surface area contributed by atoms with E-state index in [1.54, 1.807) is 24.3 Å². The van der Waals surface area contributed by atoms with Crippen molar-refractivity contribution in [3.05, 3.63) is 29.8 Å². The first kappa shape index (κ1) is 18.7. The van der Waals surface area contributed by atoms with Gasteiger partial charge in [-0.05, 0) is 31.0 Å². The van der Waals surface area contributed by atoms with Crippen LogP contribution in [0.25, 0.3) is 0 Å². The first-order valence-corrected chi connectivity index (χ1v) is 7.91. The Hall–Kier alpha value is -2.37. The van der Waals surface area contributed by atoms with Crippen molar-refractivity contribution in [1.29, 1.82) is 0 Å². The van der Waals surface area contributed by atoms with Gasteiger partial charge in [0.1, 0.15) is 0 Å². The van der Waals surface area contributed by atoms with Gasteiger partial charge in [-0.3, -0.25) is 14.4 Å². The lowest BCUT2D eigenvalue weighted by Gasteiger charge is -2.13. The summed E-state index contributed by atoms with van der Waals surface area (Å²) < 4.78 is 0. The minimum Gasteiger partial charge on any atom is -0.354 e. The molecular weight excluding hydrogens is 294 g/mol. The minimum absolute atomic E-state index is 0.0249. The predicted molar refractivity (Wildman–Crippen MR) is 90.2 cm³/mol. The molecule has 0 aromatic heterocycles. The van der Waals surface area contributed by atoms with Crippen molar-refractivity contribution in [3.8, 4) is 0 Å². The second kappa shape index (κ2) is 9.61. The number of carbonyl (C=O) groups is 3. The predicted octanol–water partition coefficient (Wildman–Crippen LogP) is 1.93. The van der Waals surface area contributed by atoms with E-state index in [1.807, 2.05) is 13.8 Å². The monoisotopic (exact) mass is 319 g/mol. The third kappa shape index (κ3) is 6.50. The first-order chi connectivity index (χ1) is 11.0. The molecule has 126 valence electrons. The molecule has 0 fully saturated rings. The molecule has 0 bridgehead atoms. The summed E-state index contributed by atoms with van der Waals surface area (Å²) in [5.74, 6) is -0.377. The summed E-state index contributed by atoms with van der Waals surface area (Å²) in [7, 11) is 0. The molecule has 0 aliphatic rings. The fraction of sp³-hybridized carbons (Fsp3) is 0.471. The summed E-state index contributed by atoms with van der Waals surface area (Å²) in [5, 5.41) is 8.19. The van der Waals surface area contributed by atoms with E-state index in [2.05, 4.69) is 16.0 Å². The molecule has 0 atom stereocenters. The molecular formula is C17H25N3O3. The second-order valence-electron chi connectivity index (χ2n) is 5.32. The molecule has 6 nitrogen and oxygen atoms in total. The Kier molecular flexibility index (Phi) is 7.80. The number of nitrogens with one attached hydrogen (secondary N) is 3. The number of carbonyl (C=O) groups excluding carboxylic acids is 3. The van der Waals surface area contributed by atoms with Crippen LogP contribution in [0.15, 0.2) is 24.3 Å². The topological polar surface area (TPSA) is 87.3 Å². The van der Waals surface area contributed by atoms with Gasteiger partial charge >= 0.3 is 0 Å². The van der Waals surface area contributed by atoms with Crippen LogP contribution in [0.5, 0.6) is 0 Å². The lowest BCUT2D eigenvalue weighted by molar-refractivity contribution is -0.125. The van der Waals surface area contributed by atoms with Gasteiger partial charge in [0, 0.05) is 37.2 Å². The van der Waals surface area contributed by atoms with E-state index >= 15 is 0 Å². The molecule has 0 saturated carbocycles. The van der Waals surface area contributed by atoms with E-state index in [4.69, 9.17) is 0 Å². The van der Waals surface area contributed by atoms with Crippen LogP contribution in [0.3, 0.4) is 0 Å². The molecule has 3 N–H and O–H groups in total. The van der Waals surface area contributed by atoms with E-state index in [0.29, 0.717) is 24.3 Å². The van der Waals surface area contributed by atoms with Crippen LogP contribution in [0.4, 0.5) is 5.69 Å². The third-order valence-corrected chi connectivity index (χ3v) is 3.51. The van der Waals surface area contributed by atoms with Gasteiger partial charge in [-0.15, -0.1) is 0 Å². The van der Waals surface area contributed by atoms with Gasteiger partial charge in [-0.1, -0.05) is 19.9 Å². The molecule has 0 aliphatic carbocycles. The van der Waals surface area contributed by atoms with Crippen LogP contribution in [-0.4, -0.2) is 30.8 Å². The largest absolute Gasteiger partial charge is 0.354 e. The molecule has 3 amide bonds. The van der Waals surface area contributed by atoms with Gasteiger partial charge in [0.25, 0.3) is 5.91 Å². The summed E-state index contributed by atoms with van der Waals surface area (Å²) in [5.41, 5.74) is 1.04. The molecule has 1 aromatic carbocycles. The van der Waals surface area contributed by atoms with Crippen molar-refractivity contribution < 1.29 is 14.4 Å². The number of hydrogen-bond acceptors (Lipinski definition) is 3. The van der Waals surface area contributed by atoms with Crippen molar-refractivity contribution in [2.24, 2.45) is 5.92 Å². The zero-order chi connectivity index (χ0) is 17.2. The Bertz CT molecular complexity index is 554. The number of rotatable bonds is 8. The van der Waals surface area contributed by atoms with Gasteiger partial charge in [0.2, 0.25) is 11.8 Å². The van der Waals surface area contributed by atoms with Crippen molar-refractivity contribution in [3.63, 3.8) is 0 Å². The van der Waals surface area contributed by atoms with Gasteiger partial charge in [-0.2, -0.15) is 0 Å². The van der Waals surface area contributed by atoms with Crippen LogP contribution >= 0.6 is 0 Å². The summed E-state index contributed by atoms with van der Waals surface area (Å²) in [6, 6.07) is 6.70. The van der Waals surface area contributed by atoms with E-state index in [0.717, 1.165) is 12.8 Å². The van der Waals surface area contributed by atoms with Crippen LogP contribution in [0, 0.1) is 5.92 Å². The minimum atomic E-state index is -0.242. The van der Waals surface area contributed by atoms with E-state index in [-0.39, 0.29) is 23.6 Å². The van der Waals surface area contributed by atoms with Crippen LogP contribution < -0.4 is 16.0 Å². The zero-order valence-corrected chi connectivity index (χ0v) is 13.9. The normalized spacial score (nSPS) is 10.3. The van der Waals surface area contributed by atoms with Crippen molar-refractivity contribution in [2.45, 2.75) is 33.6 Å². The van der Waals surface area contributed by atoms with Crippen molar-refractivity contribution in [1.82, 2.24) is 10.6 Å². The molecule has 0 spiro atoms. The maximum absolute atomic E-state index is 12.0. The van der Waals surface area contributed by atoms with Gasteiger partial charge < -0.3 is 16.0 Å². The van der Waals surface area contributed by atoms with Crippen LogP contribution in [0.1, 0.15) is 44.0 Å². The Labute approximate surface area is 137 Å².